The first kappa shape index (κ1) is 14.4. The molecule has 2 heterocycles. The lowest BCUT2D eigenvalue weighted by Crippen LogP contribution is -2.58. The first-order valence-electron chi connectivity index (χ1n) is 6.31. The highest BCUT2D eigenvalue weighted by atomic mass is 32.2. The summed E-state index contributed by atoms with van der Waals surface area (Å²) in [6, 6.07) is 0. The largest absolute Gasteiger partial charge is 0.335 e. The van der Waals surface area contributed by atoms with Crippen molar-refractivity contribution in [1.29, 1.82) is 0 Å². The molecule has 1 aromatic heterocycles. The molecule has 108 valence electrons. The van der Waals surface area contributed by atoms with Crippen LogP contribution in [0.2, 0.25) is 0 Å². The van der Waals surface area contributed by atoms with Crippen molar-refractivity contribution in [3.63, 3.8) is 0 Å². The monoisotopic (exact) mass is 287 g/mol. The Labute approximate surface area is 113 Å². The summed E-state index contributed by atoms with van der Waals surface area (Å²) < 4.78 is 26.1. The summed E-state index contributed by atoms with van der Waals surface area (Å²) in [5, 5.41) is 0.152. The van der Waals surface area contributed by atoms with Crippen LogP contribution in [0.15, 0.2) is 17.6 Å². The molecule has 2 rings (SSSR count). The lowest BCUT2D eigenvalue weighted by molar-refractivity contribution is 0.0849. The van der Waals surface area contributed by atoms with E-state index in [1.165, 1.54) is 16.8 Å². The molecule has 0 aromatic carbocycles. The van der Waals surface area contributed by atoms with Crippen LogP contribution in [0.3, 0.4) is 0 Å². The number of nitrogens with zero attached hydrogens (tertiary/aromatic N) is 3. The Morgan fingerprint density at radius 2 is 2.00 bits per heavy atom. The standard InChI is InChI=1S/C11H21N5O2S/c1-11(2,8-12)15-3-5-16(6-4-15)19(17,18)10-7-13-9-14-10/h7,9H,3-6,8,12H2,1-2H3,(H,13,14). The summed E-state index contributed by atoms with van der Waals surface area (Å²) >= 11 is 0. The average molecular weight is 287 g/mol. The molecule has 19 heavy (non-hydrogen) atoms. The number of H-pyrrole nitrogens is 1. The third-order valence-corrected chi connectivity index (χ3v) is 5.51. The average Bonchev–Trinajstić information content (AvgIpc) is 2.93. The van der Waals surface area contributed by atoms with Crippen LogP contribution in [0.5, 0.6) is 0 Å². The van der Waals surface area contributed by atoms with Crippen LogP contribution in [0.4, 0.5) is 0 Å². The number of nitrogens with one attached hydrogen (secondary N) is 1. The van der Waals surface area contributed by atoms with Crippen molar-refractivity contribution >= 4 is 10.0 Å². The minimum Gasteiger partial charge on any atom is -0.335 e. The zero-order valence-electron chi connectivity index (χ0n) is 11.3. The van der Waals surface area contributed by atoms with Gasteiger partial charge < -0.3 is 10.7 Å². The van der Waals surface area contributed by atoms with E-state index in [9.17, 15) is 8.42 Å². The summed E-state index contributed by atoms with van der Waals surface area (Å²) in [6.07, 6.45) is 2.71. The van der Waals surface area contributed by atoms with Gasteiger partial charge in [-0.1, -0.05) is 0 Å². The van der Waals surface area contributed by atoms with Crippen molar-refractivity contribution in [3.8, 4) is 0 Å². The van der Waals surface area contributed by atoms with Crippen LogP contribution in [0.25, 0.3) is 0 Å². The maximum atomic E-state index is 12.3. The topological polar surface area (TPSA) is 95.3 Å². The Kier molecular flexibility index (Phi) is 3.95. The van der Waals surface area contributed by atoms with Crippen LogP contribution in [-0.2, 0) is 10.0 Å². The Bertz CT molecular complexity index is 503. The molecule has 0 aliphatic carbocycles. The summed E-state index contributed by atoms with van der Waals surface area (Å²) in [6.45, 7) is 7.04. The highest BCUT2D eigenvalue weighted by molar-refractivity contribution is 7.89. The lowest BCUT2D eigenvalue weighted by atomic mass is 10.0. The predicted molar refractivity (Wildman–Crippen MR) is 72.1 cm³/mol. The van der Waals surface area contributed by atoms with Gasteiger partial charge in [-0.3, -0.25) is 4.90 Å². The molecule has 0 radical (unpaired) electrons. The van der Waals surface area contributed by atoms with Gasteiger partial charge >= 0.3 is 0 Å². The van der Waals surface area contributed by atoms with E-state index in [0.717, 1.165) is 0 Å². The number of rotatable bonds is 4. The smallest absolute Gasteiger partial charge is 0.260 e. The number of hydrogen-bond donors (Lipinski definition) is 2. The molecule has 1 saturated heterocycles. The van der Waals surface area contributed by atoms with E-state index in [0.29, 0.717) is 32.7 Å². The van der Waals surface area contributed by atoms with Gasteiger partial charge in [0.1, 0.15) is 0 Å². The van der Waals surface area contributed by atoms with Crippen molar-refractivity contribution in [3.05, 3.63) is 12.5 Å². The molecule has 0 saturated carbocycles. The number of sulfonamides is 1. The van der Waals surface area contributed by atoms with Crippen molar-refractivity contribution in [2.45, 2.75) is 24.4 Å². The van der Waals surface area contributed by atoms with Gasteiger partial charge in [0.15, 0.2) is 5.03 Å². The van der Waals surface area contributed by atoms with E-state index in [-0.39, 0.29) is 10.6 Å². The van der Waals surface area contributed by atoms with Crippen LogP contribution in [-0.4, -0.2) is 65.9 Å². The van der Waals surface area contributed by atoms with Gasteiger partial charge in [0.25, 0.3) is 10.0 Å². The number of nitrogens with two attached hydrogens (primary N) is 1. The second-order valence-corrected chi connectivity index (χ2v) is 7.23. The number of imidazole rings is 1. The van der Waals surface area contributed by atoms with Gasteiger partial charge in [0, 0.05) is 38.3 Å². The minimum absolute atomic E-state index is 0.0934. The zero-order valence-corrected chi connectivity index (χ0v) is 12.2. The van der Waals surface area contributed by atoms with Crippen LogP contribution in [0, 0.1) is 0 Å². The minimum atomic E-state index is -3.44. The quantitative estimate of drug-likeness (QED) is 0.775. The fourth-order valence-corrected chi connectivity index (χ4v) is 3.50. The van der Waals surface area contributed by atoms with E-state index in [4.69, 9.17) is 5.73 Å². The first-order chi connectivity index (χ1) is 8.88. The second-order valence-electron chi connectivity index (χ2n) is 5.32. The van der Waals surface area contributed by atoms with Gasteiger partial charge in [-0.15, -0.1) is 0 Å². The predicted octanol–water partition coefficient (Wildman–Crippen LogP) is -0.547. The highest BCUT2D eigenvalue weighted by Crippen LogP contribution is 2.19. The summed E-state index contributed by atoms with van der Waals surface area (Å²) in [5.41, 5.74) is 5.65. The SMILES string of the molecule is CC(C)(CN)N1CCN(S(=O)(=O)c2cnc[nH]2)CC1. The molecule has 7 nitrogen and oxygen atoms in total. The number of hydrogen-bond acceptors (Lipinski definition) is 5. The Morgan fingerprint density at radius 3 is 2.47 bits per heavy atom. The van der Waals surface area contributed by atoms with Gasteiger partial charge in [0.05, 0.1) is 12.5 Å². The molecule has 0 spiro atoms. The van der Waals surface area contributed by atoms with Crippen LogP contribution >= 0.6 is 0 Å². The number of aromatic amines is 1. The van der Waals surface area contributed by atoms with Gasteiger partial charge in [0.2, 0.25) is 0 Å². The van der Waals surface area contributed by atoms with Crippen LogP contribution < -0.4 is 5.73 Å². The van der Waals surface area contributed by atoms with E-state index in [2.05, 4.69) is 28.7 Å². The molecule has 1 aromatic rings. The molecule has 0 amide bonds. The fourth-order valence-electron chi connectivity index (χ4n) is 2.19. The number of piperazine rings is 1. The molecular weight excluding hydrogens is 266 g/mol. The molecule has 0 unspecified atom stereocenters. The molecule has 0 atom stereocenters. The van der Waals surface area contributed by atoms with E-state index in [1.807, 2.05) is 0 Å². The summed E-state index contributed by atoms with van der Waals surface area (Å²) in [5.74, 6) is 0. The maximum Gasteiger partial charge on any atom is 0.260 e. The lowest BCUT2D eigenvalue weighted by Gasteiger charge is -2.42. The molecule has 1 aliphatic heterocycles. The Morgan fingerprint density at radius 1 is 1.37 bits per heavy atom. The van der Waals surface area contributed by atoms with Crippen molar-refractivity contribution < 1.29 is 8.42 Å². The van der Waals surface area contributed by atoms with E-state index in [1.54, 1.807) is 0 Å². The highest BCUT2D eigenvalue weighted by Gasteiger charge is 2.34. The molecule has 3 N–H and O–H groups in total. The molecular formula is C11H21N5O2S. The Balaban J connectivity index is 2.05. The molecule has 0 bridgehead atoms. The summed E-state index contributed by atoms with van der Waals surface area (Å²) in [7, 11) is -3.44. The summed E-state index contributed by atoms with van der Waals surface area (Å²) in [4.78, 5) is 8.64. The third kappa shape index (κ3) is 2.81. The van der Waals surface area contributed by atoms with Crippen molar-refractivity contribution in [2.75, 3.05) is 32.7 Å². The molecule has 8 heteroatoms. The zero-order chi connectivity index (χ0) is 14.1. The van der Waals surface area contributed by atoms with E-state index < -0.39 is 10.0 Å². The van der Waals surface area contributed by atoms with Crippen molar-refractivity contribution in [2.24, 2.45) is 5.73 Å². The Hall–Kier alpha value is -0.960. The fraction of sp³-hybridized carbons (Fsp3) is 0.727. The number of aromatic nitrogens is 2. The second kappa shape index (κ2) is 5.20. The van der Waals surface area contributed by atoms with Gasteiger partial charge in [-0.05, 0) is 13.8 Å². The third-order valence-electron chi connectivity index (χ3n) is 3.69. The van der Waals surface area contributed by atoms with E-state index >= 15 is 0 Å². The first-order valence-corrected chi connectivity index (χ1v) is 7.75. The molecule has 1 aliphatic rings. The van der Waals surface area contributed by atoms with Gasteiger partial charge in [-0.2, -0.15) is 4.31 Å². The van der Waals surface area contributed by atoms with Crippen LogP contribution in [0.1, 0.15) is 13.8 Å². The molecule has 1 fully saturated rings. The maximum absolute atomic E-state index is 12.3. The van der Waals surface area contributed by atoms with Crippen molar-refractivity contribution in [1.82, 2.24) is 19.2 Å². The normalized spacial score (nSPS) is 19.7. The van der Waals surface area contributed by atoms with Gasteiger partial charge in [-0.25, -0.2) is 13.4 Å².